The number of hydrogen-bond acceptors (Lipinski definition) is 4. The first-order valence-corrected chi connectivity index (χ1v) is 9.46. The molecule has 5 nitrogen and oxygen atoms in total. The number of nitrogens with zero attached hydrogens (tertiary/aromatic N) is 2. The first kappa shape index (κ1) is 16.8. The SMILES string of the molecule is C[C@H](C1CC1)N(CCC#N)Cc1ccc(NS(C)(=O)=O)cc1. The molecule has 1 N–H and O–H groups in total. The molecule has 0 aromatic heterocycles. The van der Waals surface area contributed by atoms with Crippen molar-refractivity contribution in [2.24, 2.45) is 5.92 Å². The van der Waals surface area contributed by atoms with Crippen molar-refractivity contribution in [1.29, 1.82) is 5.26 Å². The Labute approximate surface area is 133 Å². The van der Waals surface area contributed by atoms with Gasteiger partial charge in [-0.1, -0.05) is 12.1 Å². The lowest BCUT2D eigenvalue weighted by Gasteiger charge is -2.28. The molecule has 22 heavy (non-hydrogen) atoms. The molecule has 1 aliphatic rings. The number of sulfonamides is 1. The lowest BCUT2D eigenvalue weighted by molar-refractivity contribution is 0.185. The summed E-state index contributed by atoms with van der Waals surface area (Å²) in [6, 6.07) is 10.1. The van der Waals surface area contributed by atoms with Gasteiger partial charge in [-0.05, 0) is 43.4 Å². The summed E-state index contributed by atoms with van der Waals surface area (Å²) in [5.41, 5.74) is 1.70. The molecule has 1 aromatic carbocycles. The van der Waals surface area contributed by atoms with Crippen LogP contribution in [0.5, 0.6) is 0 Å². The lowest BCUT2D eigenvalue weighted by Crippen LogP contribution is -2.34. The summed E-state index contributed by atoms with van der Waals surface area (Å²) in [6.45, 7) is 3.80. The highest BCUT2D eigenvalue weighted by Crippen LogP contribution is 2.35. The van der Waals surface area contributed by atoms with E-state index >= 15 is 0 Å². The monoisotopic (exact) mass is 321 g/mol. The standard InChI is InChI=1S/C16H23N3O2S/c1-13(15-6-7-15)19(11-3-10-17)12-14-4-8-16(9-5-14)18-22(2,20)21/h4-5,8-9,13,15,18H,3,6-7,11-12H2,1-2H3/t13-/m1/s1. The Morgan fingerprint density at radius 1 is 1.36 bits per heavy atom. The van der Waals surface area contributed by atoms with Crippen LogP contribution in [0.2, 0.25) is 0 Å². The molecule has 0 radical (unpaired) electrons. The van der Waals surface area contributed by atoms with Crippen LogP contribution >= 0.6 is 0 Å². The first-order valence-electron chi connectivity index (χ1n) is 7.57. The zero-order chi connectivity index (χ0) is 16.2. The molecule has 0 saturated heterocycles. The van der Waals surface area contributed by atoms with Crippen molar-refractivity contribution in [3.63, 3.8) is 0 Å². The van der Waals surface area contributed by atoms with E-state index in [1.807, 2.05) is 12.1 Å². The van der Waals surface area contributed by atoms with Gasteiger partial charge in [0.05, 0.1) is 12.3 Å². The van der Waals surface area contributed by atoms with Crippen molar-refractivity contribution in [1.82, 2.24) is 4.90 Å². The van der Waals surface area contributed by atoms with Gasteiger partial charge in [-0.15, -0.1) is 0 Å². The Balaban J connectivity index is 2.01. The Kier molecular flexibility index (Phi) is 5.43. The molecule has 0 aliphatic heterocycles. The summed E-state index contributed by atoms with van der Waals surface area (Å²) < 4.78 is 24.9. The van der Waals surface area contributed by atoms with E-state index in [1.165, 1.54) is 12.8 Å². The van der Waals surface area contributed by atoms with Crippen molar-refractivity contribution < 1.29 is 8.42 Å². The molecule has 6 heteroatoms. The molecular formula is C16H23N3O2S. The zero-order valence-electron chi connectivity index (χ0n) is 13.1. The van der Waals surface area contributed by atoms with Gasteiger partial charge < -0.3 is 0 Å². The van der Waals surface area contributed by atoms with Gasteiger partial charge in [0, 0.05) is 31.2 Å². The van der Waals surface area contributed by atoms with Crippen molar-refractivity contribution in [2.45, 2.75) is 38.8 Å². The van der Waals surface area contributed by atoms with Gasteiger partial charge in [-0.3, -0.25) is 9.62 Å². The molecule has 0 amide bonds. The lowest BCUT2D eigenvalue weighted by atomic mass is 10.1. The summed E-state index contributed by atoms with van der Waals surface area (Å²) in [6.07, 6.45) is 4.23. The summed E-state index contributed by atoms with van der Waals surface area (Å²) in [5, 5.41) is 8.82. The fourth-order valence-corrected chi connectivity index (χ4v) is 3.19. The minimum atomic E-state index is -3.24. The quantitative estimate of drug-likeness (QED) is 0.798. The summed E-state index contributed by atoms with van der Waals surface area (Å²) in [7, 11) is -3.24. The van der Waals surface area contributed by atoms with E-state index in [-0.39, 0.29) is 0 Å². The van der Waals surface area contributed by atoms with Crippen LogP contribution in [-0.2, 0) is 16.6 Å². The molecule has 0 spiro atoms. The second-order valence-corrected chi connectivity index (χ2v) is 7.78. The van der Waals surface area contributed by atoms with E-state index in [4.69, 9.17) is 5.26 Å². The molecule has 1 atom stereocenters. The maximum Gasteiger partial charge on any atom is 0.229 e. The van der Waals surface area contributed by atoms with E-state index in [0.717, 1.165) is 30.8 Å². The van der Waals surface area contributed by atoms with E-state index in [2.05, 4.69) is 22.6 Å². The molecule has 1 fully saturated rings. The Morgan fingerprint density at radius 2 is 2.00 bits per heavy atom. The summed E-state index contributed by atoms with van der Waals surface area (Å²) in [4.78, 5) is 2.35. The summed E-state index contributed by atoms with van der Waals surface area (Å²) in [5.74, 6) is 0.755. The predicted molar refractivity (Wildman–Crippen MR) is 87.7 cm³/mol. The highest BCUT2D eigenvalue weighted by Gasteiger charge is 2.31. The maximum atomic E-state index is 11.2. The van der Waals surface area contributed by atoms with Crippen LogP contribution in [0.25, 0.3) is 0 Å². The van der Waals surface area contributed by atoms with Crippen LogP contribution in [-0.4, -0.2) is 32.2 Å². The Morgan fingerprint density at radius 3 is 2.50 bits per heavy atom. The third-order valence-corrected chi connectivity index (χ3v) is 4.64. The van der Waals surface area contributed by atoms with Gasteiger partial charge in [0.25, 0.3) is 0 Å². The van der Waals surface area contributed by atoms with Crippen LogP contribution < -0.4 is 4.72 Å². The zero-order valence-corrected chi connectivity index (χ0v) is 13.9. The predicted octanol–water partition coefficient (Wildman–Crippen LogP) is 2.57. The summed E-state index contributed by atoms with van der Waals surface area (Å²) >= 11 is 0. The van der Waals surface area contributed by atoms with Gasteiger partial charge in [-0.25, -0.2) is 8.42 Å². The second kappa shape index (κ2) is 7.12. The molecule has 0 heterocycles. The highest BCUT2D eigenvalue weighted by atomic mass is 32.2. The number of nitriles is 1. The topological polar surface area (TPSA) is 73.2 Å². The van der Waals surface area contributed by atoms with Crippen LogP contribution in [0, 0.1) is 17.2 Å². The fourth-order valence-electron chi connectivity index (χ4n) is 2.62. The fraction of sp³-hybridized carbons (Fsp3) is 0.562. The number of nitrogens with one attached hydrogen (secondary N) is 1. The average molecular weight is 321 g/mol. The van der Waals surface area contributed by atoms with Crippen LogP contribution in [0.3, 0.4) is 0 Å². The molecule has 0 unspecified atom stereocenters. The number of hydrogen-bond donors (Lipinski definition) is 1. The van der Waals surface area contributed by atoms with Gasteiger partial charge in [0.2, 0.25) is 10.0 Å². The molecular weight excluding hydrogens is 298 g/mol. The van der Waals surface area contributed by atoms with E-state index < -0.39 is 10.0 Å². The highest BCUT2D eigenvalue weighted by molar-refractivity contribution is 7.92. The normalized spacial score (nSPS) is 16.3. The minimum absolute atomic E-state index is 0.488. The Hall–Kier alpha value is -1.58. The number of rotatable bonds is 8. The van der Waals surface area contributed by atoms with Crippen LogP contribution in [0.1, 0.15) is 31.7 Å². The van der Waals surface area contributed by atoms with Gasteiger partial charge in [0.15, 0.2) is 0 Å². The first-order chi connectivity index (χ1) is 10.4. The van der Waals surface area contributed by atoms with Crippen molar-refractivity contribution in [3.8, 4) is 6.07 Å². The van der Waals surface area contributed by atoms with Crippen LogP contribution in [0.15, 0.2) is 24.3 Å². The van der Waals surface area contributed by atoms with E-state index in [9.17, 15) is 8.42 Å². The van der Waals surface area contributed by atoms with Crippen molar-refractivity contribution in [2.75, 3.05) is 17.5 Å². The van der Waals surface area contributed by atoms with Crippen molar-refractivity contribution >= 4 is 15.7 Å². The minimum Gasteiger partial charge on any atom is -0.295 e. The Bertz CT molecular complexity index is 630. The van der Waals surface area contributed by atoms with E-state index in [1.54, 1.807) is 12.1 Å². The smallest absolute Gasteiger partial charge is 0.229 e. The van der Waals surface area contributed by atoms with Crippen molar-refractivity contribution in [3.05, 3.63) is 29.8 Å². The van der Waals surface area contributed by atoms with E-state index in [0.29, 0.717) is 18.2 Å². The number of benzene rings is 1. The molecule has 1 aromatic rings. The third-order valence-electron chi connectivity index (χ3n) is 4.03. The van der Waals surface area contributed by atoms with Gasteiger partial charge in [0.1, 0.15) is 0 Å². The molecule has 1 aliphatic carbocycles. The van der Waals surface area contributed by atoms with Gasteiger partial charge >= 0.3 is 0 Å². The largest absolute Gasteiger partial charge is 0.295 e. The second-order valence-electron chi connectivity index (χ2n) is 6.03. The number of anilines is 1. The average Bonchev–Trinajstić information content (AvgIpc) is 3.27. The molecule has 120 valence electrons. The third kappa shape index (κ3) is 5.32. The van der Waals surface area contributed by atoms with Gasteiger partial charge in [-0.2, -0.15) is 5.26 Å². The molecule has 1 saturated carbocycles. The van der Waals surface area contributed by atoms with Crippen LogP contribution in [0.4, 0.5) is 5.69 Å². The molecule has 0 bridgehead atoms. The maximum absolute atomic E-state index is 11.2. The molecule has 2 rings (SSSR count).